The molecule has 3 atom stereocenters. The number of amides is 1. The van der Waals surface area contributed by atoms with E-state index in [1.807, 2.05) is 0 Å². The van der Waals surface area contributed by atoms with Gasteiger partial charge in [0.05, 0.1) is 22.7 Å². The number of nitrogens with zero attached hydrogens (tertiary/aromatic N) is 1. The number of hydrogen-bond acceptors (Lipinski definition) is 8. The van der Waals surface area contributed by atoms with Crippen LogP contribution in [0.25, 0.3) is 0 Å². The number of aliphatic carboxylic acids is 2. The number of β-lactam (4-membered cyclic amide) rings is 1. The SMILES string of the molecule is CC1(C)[C@H](C(=O)[O-])N2C(=O)[C@@H](NCC(=O)[O-])[C@H]2S1(=O)=O.[Na+].[Na+]. The summed E-state index contributed by atoms with van der Waals surface area (Å²) in [6.07, 6.45) is 0. The molecule has 12 heteroatoms. The molecule has 0 aromatic rings. The molecule has 2 aliphatic rings. The van der Waals surface area contributed by atoms with Crippen LogP contribution in [0.3, 0.4) is 0 Å². The maximum absolute atomic E-state index is 12.3. The average molecular weight is 350 g/mol. The van der Waals surface area contributed by atoms with E-state index in [2.05, 4.69) is 5.32 Å². The molecule has 1 N–H and O–H groups in total. The van der Waals surface area contributed by atoms with Gasteiger partial charge in [0, 0.05) is 6.54 Å². The minimum atomic E-state index is -3.98. The second-order valence-corrected chi connectivity index (χ2v) is 7.86. The molecule has 1 amide bonds. The summed E-state index contributed by atoms with van der Waals surface area (Å²) in [7, 11) is -3.98. The van der Waals surface area contributed by atoms with Crippen molar-refractivity contribution in [2.75, 3.05) is 6.54 Å². The Balaban J connectivity index is 0.00000220. The Hall–Kier alpha value is 0.320. The first-order chi connectivity index (χ1) is 9.03. The van der Waals surface area contributed by atoms with Gasteiger partial charge < -0.3 is 24.7 Å². The summed E-state index contributed by atoms with van der Waals surface area (Å²) >= 11 is 0. The second-order valence-electron chi connectivity index (χ2n) is 5.24. The van der Waals surface area contributed by atoms with E-state index in [-0.39, 0.29) is 59.1 Å². The van der Waals surface area contributed by atoms with Crippen LogP contribution in [0.1, 0.15) is 13.8 Å². The molecule has 0 radical (unpaired) electrons. The van der Waals surface area contributed by atoms with Crippen LogP contribution in [0.5, 0.6) is 0 Å². The molecule has 2 rings (SSSR count). The predicted octanol–water partition coefficient (Wildman–Crippen LogP) is -10.8. The van der Waals surface area contributed by atoms with Crippen molar-refractivity contribution in [2.45, 2.75) is 36.1 Å². The van der Waals surface area contributed by atoms with Crippen LogP contribution in [0.15, 0.2) is 0 Å². The Morgan fingerprint density at radius 1 is 1.27 bits per heavy atom. The summed E-state index contributed by atoms with van der Waals surface area (Å²) in [4.78, 5) is 34.0. The number of fused-ring (bicyclic) bond motifs is 1. The smallest absolute Gasteiger partial charge is 0.549 e. The topological polar surface area (TPSA) is 147 Å². The van der Waals surface area contributed by atoms with Crippen molar-refractivity contribution in [3.63, 3.8) is 0 Å². The summed E-state index contributed by atoms with van der Waals surface area (Å²) in [5.41, 5.74) is 0. The molecule has 0 unspecified atom stereocenters. The van der Waals surface area contributed by atoms with Gasteiger partial charge in [-0.1, -0.05) is 0 Å². The van der Waals surface area contributed by atoms with Crippen LogP contribution in [0, 0.1) is 0 Å². The predicted molar refractivity (Wildman–Crippen MR) is 59.2 cm³/mol. The number of nitrogens with one attached hydrogen (secondary N) is 1. The Kier molecular flexibility index (Phi) is 7.16. The fourth-order valence-electron chi connectivity index (χ4n) is 2.67. The molecule has 0 saturated carbocycles. The van der Waals surface area contributed by atoms with E-state index in [1.165, 1.54) is 13.8 Å². The Morgan fingerprint density at radius 3 is 2.18 bits per heavy atom. The number of rotatable bonds is 4. The third-order valence-corrected chi connectivity index (χ3v) is 6.58. The molecule has 0 aromatic heterocycles. The zero-order chi connectivity index (χ0) is 15.5. The first-order valence-corrected chi connectivity index (χ1v) is 7.28. The molecule has 0 aromatic carbocycles. The van der Waals surface area contributed by atoms with Crippen LogP contribution in [0.4, 0.5) is 0 Å². The zero-order valence-corrected chi connectivity index (χ0v) is 17.5. The van der Waals surface area contributed by atoms with Gasteiger partial charge in [-0.15, -0.1) is 0 Å². The van der Waals surface area contributed by atoms with Gasteiger partial charge in [-0.05, 0) is 13.8 Å². The van der Waals surface area contributed by atoms with Crippen molar-refractivity contribution < 1.29 is 92.1 Å². The molecule has 22 heavy (non-hydrogen) atoms. The van der Waals surface area contributed by atoms with E-state index in [0.29, 0.717) is 0 Å². The van der Waals surface area contributed by atoms with E-state index < -0.39 is 56.4 Å². The van der Waals surface area contributed by atoms with Gasteiger partial charge in [0.15, 0.2) is 15.2 Å². The van der Waals surface area contributed by atoms with Crippen LogP contribution >= 0.6 is 0 Å². The second kappa shape index (κ2) is 7.06. The standard InChI is InChI=1S/C10H14N2O7S.2Na/c1-10(2)6(9(16)17)12-7(15)5(11-3-4(13)14)8(12)20(10,18)19;;/h5-6,8,11H,3H2,1-2H3,(H,13,14)(H,16,17);;/q;2*+1/p-2/t5-,6+,8-;;/m1../s1. The summed E-state index contributed by atoms with van der Waals surface area (Å²) in [5, 5.41) is 22.3. The van der Waals surface area contributed by atoms with Crippen LogP contribution in [0.2, 0.25) is 0 Å². The van der Waals surface area contributed by atoms with E-state index in [0.717, 1.165) is 4.90 Å². The summed E-state index contributed by atoms with van der Waals surface area (Å²) in [6, 6.07) is -2.87. The third kappa shape index (κ3) is 3.00. The Labute approximate surface area is 171 Å². The van der Waals surface area contributed by atoms with Crippen molar-refractivity contribution in [1.29, 1.82) is 0 Å². The first kappa shape index (κ1) is 22.3. The van der Waals surface area contributed by atoms with Crippen molar-refractivity contribution in [2.24, 2.45) is 0 Å². The number of carbonyl (C=O) groups excluding carboxylic acids is 3. The maximum atomic E-state index is 12.3. The fourth-order valence-corrected chi connectivity index (χ4v) is 4.91. The number of carboxylic acid groups (broad SMARTS) is 2. The Bertz CT molecular complexity index is 606. The van der Waals surface area contributed by atoms with Gasteiger partial charge in [-0.2, -0.15) is 0 Å². The maximum Gasteiger partial charge on any atom is 1.00 e. The van der Waals surface area contributed by atoms with Crippen molar-refractivity contribution >= 4 is 27.7 Å². The van der Waals surface area contributed by atoms with Crippen LogP contribution in [-0.4, -0.2) is 59.9 Å². The van der Waals surface area contributed by atoms with E-state index in [1.54, 1.807) is 0 Å². The summed E-state index contributed by atoms with van der Waals surface area (Å²) < 4.78 is 22.9. The molecule has 9 nitrogen and oxygen atoms in total. The van der Waals surface area contributed by atoms with Gasteiger partial charge in [0.25, 0.3) is 0 Å². The van der Waals surface area contributed by atoms with Gasteiger partial charge in [-0.3, -0.25) is 10.1 Å². The number of hydrogen-bond donors (Lipinski definition) is 1. The van der Waals surface area contributed by atoms with E-state index in [4.69, 9.17) is 0 Å². The van der Waals surface area contributed by atoms with Gasteiger partial charge >= 0.3 is 59.1 Å². The largest absolute Gasteiger partial charge is 1.00 e. The van der Waals surface area contributed by atoms with E-state index in [9.17, 15) is 33.0 Å². The number of carbonyl (C=O) groups is 3. The molecule has 2 heterocycles. The molecule has 0 bridgehead atoms. The van der Waals surface area contributed by atoms with Gasteiger partial charge in [0.1, 0.15) is 6.04 Å². The molecule has 2 fully saturated rings. The van der Waals surface area contributed by atoms with Crippen molar-refractivity contribution in [1.82, 2.24) is 10.2 Å². The molecule has 2 aliphatic heterocycles. The zero-order valence-electron chi connectivity index (χ0n) is 12.7. The molecular weight excluding hydrogens is 338 g/mol. The van der Waals surface area contributed by atoms with Crippen molar-refractivity contribution in [3.05, 3.63) is 0 Å². The molecule has 2 saturated heterocycles. The van der Waals surface area contributed by atoms with Crippen LogP contribution in [-0.2, 0) is 24.2 Å². The minimum absolute atomic E-state index is 0. The summed E-state index contributed by atoms with van der Waals surface area (Å²) in [6.45, 7) is 1.70. The molecule has 0 aliphatic carbocycles. The first-order valence-electron chi connectivity index (χ1n) is 5.73. The van der Waals surface area contributed by atoms with E-state index >= 15 is 0 Å². The quantitative estimate of drug-likeness (QED) is 0.388. The normalized spacial score (nSPS) is 30.4. The van der Waals surface area contributed by atoms with Gasteiger partial charge in [-0.25, -0.2) is 8.42 Å². The van der Waals surface area contributed by atoms with Gasteiger partial charge in [0.2, 0.25) is 5.91 Å². The van der Waals surface area contributed by atoms with Crippen molar-refractivity contribution in [3.8, 4) is 0 Å². The number of sulfone groups is 1. The number of carboxylic acids is 2. The Morgan fingerprint density at radius 2 is 1.77 bits per heavy atom. The van der Waals surface area contributed by atoms with Crippen LogP contribution < -0.4 is 74.6 Å². The molecular formula is C10H12N2Na2O7S. The summed E-state index contributed by atoms with van der Waals surface area (Å²) in [5.74, 6) is -3.94. The average Bonchev–Trinajstić information content (AvgIpc) is 2.42. The molecule has 112 valence electrons. The minimum Gasteiger partial charge on any atom is -0.549 e. The third-order valence-electron chi connectivity index (χ3n) is 3.76. The molecule has 0 spiro atoms. The fraction of sp³-hybridized carbons (Fsp3) is 0.700. The monoisotopic (exact) mass is 350 g/mol.